The number of likely N-dealkylation sites (tertiary alicyclic amines) is 1. The van der Waals surface area contributed by atoms with Crippen molar-refractivity contribution in [3.63, 3.8) is 0 Å². The minimum Gasteiger partial charge on any atom is -0.368 e. The number of benzene rings is 2. The molecule has 2 aromatic carbocycles. The first-order valence-electron chi connectivity index (χ1n) is 27.4. The molecular formula is C55H75BrN11O9S7+. The van der Waals surface area contributed by atoms with Crippen LogP contribution in [0.4, 0.5) is 20.1 Å². The first-order chi connectivity index (χ1) is 39.7. The highest BCUT2D eigenvalue weighted by molar-refractivity contribution is 9.10. The van der Waals surface area contributed by atoms with Gasteiger partial charge < -0.3 is 40.9 Å². The Morgan fingerprint density at radius 2 is 1.27 bits per heavy atom. The molecule has 6 aromatic rings. The van der Waals surface area contributed by atoms with Crippen LogP contribution in [0.1, 0.15) is 72.1 Å². The van der Waals surface area contributed by atoms with Gasteiger partial charge in [0.1, 0.15) is 14.5 Å². The van der Waals surface area contributed by atoms with Crippen molar-refractivity contribution >= 4 is 115 Å². The van der Waals surface area contributed by atoms with Gasteiger partial charge in [0, 0.05) is 90.2 Å². The highest BCUT2D eigenvalue weighted by atomic mass is 79.9. The smallest absolute Gasteiger partial charge is 0.317 e. The van der Waals surface area contributed by atoms with Crippen molar-refractivity contribution < 1.29 is 44.5 Å². The normalized spacial score (nSPS) is 17.7. The molecule has 6 amide bonds. The molecule has 2 atom stereocenters. The number of thiophene rings is 4. The zero-order valence-electron chi connectivity index (χ0n) is 46.9. The summed E-state index contributed by atoms with van der Waals surface area (Å²) in [6.45, 7) is 16.4. The lowest BCUT2D eigenvalue weighted by Gasteiger charge is -2.36. The minimum atomic E-state index is -3.69. The SMILES string of the molecule is CC1CC[NH+]([C@@H](CNC(=O)NCc2ccc(S(N)(=O)=O)s2)c2cccs2)CC1.CCN(CC)S(=O)(=O)c1ccc(CNC(=O)N2CCN(c3ccccc3)CC2)s1.C[C@H](NC(=O)N1CCN(S(=O)(=O)c2cccc(Br)c2)CC1)c1cccs1. The zero-order chi connectivity index (χ0) is 59.7. The number of hydrogen-bond acceptors (Lipinski definition) is 14. The topological polar surface area (TPSA) is 248 Å². The number of sulfonamides is 3. The van der Waals surface area contributed by atoms with Crippen LogP contribution >= 0.6 is 61.3 Å². The molecule has 0 aliphatic carbocycles. The van der Waals surface area contributed by atoms with Gasteiger partial charge in [0.15, 0.2) is 0 Å². The van der Waals surface area contributed by atoms with Crippen molar-refractivity contribution in [3.8, 4) is 0 Å². The lowest BCUT2D eigenvalue weighted by atomic mass is 9.97. The number of carbonyl (C=O) groups excluding carboxylic acids is 3. The summed E-state index contributed by atoms with van der Waals surface area (Å²) in [6.07, 6.45) is 2.43. The van der Waals surface area contributed by atoms with E-state index in [1.165, 1.54) is 54.3 Å². The molecule has 7 N–H and O–H groups in total. The third-order valence-electron chi connectivity index (χ3n) is 14.4. The number of amides is 6. The van der Waals surface area contributed by atoms with E-state index in [0.717, 1.165) is 62.5 Å². The minimum absolute atomic E-state index is 0.0640. The van der Waals surface area contributed by atoms with Crippen molar-refractivity contribution in [2.75, 3.05) is 90.0 Å². The molecule has 4 aromatic heterocycles. The average Bonchev–Trinajstić information content (AvgIpc) is 4.48. The number of hydrogen-bond donors (Lipinski definition) is 6. The van der Waals surface area contributed by atoms with Crippen LogP contribution in [0.15, 0.2) is 132 Å². The maximum atomic E-state index is 12.7. The molecular weight excluding hydrogens is 1260 g/mol. The van der Waals surface area contributed by atoms with Crippen LogP contribution in [0, 0.1) is 5.92 Å². The van der Waals surface area contributed by atoms with Crippen molar-refractivity contribution in [1.29, 1.82) is 0 Å². The van der Waals surface area contributed by atoms with Crippen LogP contribution in [0.3, 0.4) is 0 Å². The Hall–Kier alpha value is -4.98. The summed E-state index contributed by atoms with van der Waals surface area (Å²) in [5.74, 6) is 0.775. The number of urea groups is 3. The summed E-state index contributed by atoms with van der Waals surface area (Å²) in [6, 6.07) is 31.2. The van der Waals surface area contributed by atoms with E-state index in [0.29, 0.717) is 56.6 Å². The number of nitrogens with zero attached hydrogens (tertiary/aromatic N) is 5. The predicted octanol–water partition coefficient (Wildman–Crippen LogP) is 7.41. The summed E-state index contributed by atoms with van der Waals surface area (Å²) in [4.78, 5) is 48.7. The largest absolute Gasteiger partial charge is 0.368 e. The van der Waals surface area contributed by atoms with Crippen LogP contribution < -0.4 is 36.2 Å². The van der Waals surface area contributed by atoms with Crippen LogP contribution in [0.2, 0.25) is 0 Å². The van der Waals surface area contributed by atoms with E-state index in [1.54, 1.807) is 74.9 Å². The molecule has 28 heteroatoms. The average molecular weight is 1340 g/mol. The Morgan fingerprint density at radius 1 is 0.687 bits per heavy atom. The number of piperidine rings is 1. The highest BCUT2D eigenvalue weighted by Gasteiger charge is 2.32. The van der Waals surface area contributed by atoms with E-state index in [1.807, 2.05) is 56.5 Å². The molecule has 0 radical (unpaired) electrons. The standard InChI is InChI=1S/C20H28N4O3S2.C18H26N4O3S3.C17H20BrN3O3S2/c1-3-24(4-2)29(26,27)19-11-10-18(28-19)16-21-20(25)23-14-12-22(13-15-23)17-8-6-5-7-9-17;1-13-6-8-22(9-7-13)15(16-3-2-10-26-16)12-21-18(23)20-11-14-4-5-17(27-14)28(19,24)25;1-13(16-6-3-11-25-16)19-17(22)20-7-9-21(10-8-20)26(23,24)15-5-2-4-14(18)12-15/h5-11H,3-4,12-16H2,1-2H3,(H,21,25);2-5,10,13,15H,6-9,11-12H2,1H3,(H2,19,24,25)(H2,20,21,23);2-6,11-13H,7-10H2,1H3,(H,19,22)/p+1/t;15-;13-/m.00/s1. The summed E-state index contributed by atoms with van der Waals surface area (Å²) in [5, 5.41) is 20.8. The Labute approximate surface area is 513 Å². The van der Waals surface area contributed by atoms with Crippen molar-refractivity contribution in [2.45, 2.75) is 79.0 Å². The van der Waals surface area contributed by atoms with Crippen LogP contribution in [0.5, 0.6) is 0 Å². The molecule has 0 unspecified atom stereocenters. The summed E-state index contributed by atoms with van der Waals surface area (Å²) in [5.41, 5.74) is 1.17. The van der Waals surface area contributed by atoms with E-state index in [4.69, 9.17) is 5.14 Å². The Bertz CT molecular complexity index is 3340. The first-order valence-corrected chi connectivity index (χ1v) is 36.0. The summed E-state index contributed by atoms with van der Waals surface area (Å²) < 4.78 is 77.3. The van der Waals surface area contributed by atoms with Gasteiger partial charge in [-0.15, -0.1) is 45.3 Å². The number of para-hydroxylation sites is 1. The van der Waals surface area contributed by atoms with Gasteiger partial charge in [0.25, 0.3) is 10.0 Å². The monoisotopic (exact) mass is 1340 g/mol. The molecule has 452 valence electrons. The number of halogens is 1. The Balaban J connectivity index is 0.000000179. The van der Waals surface area contributed by atoms with E-state index < -0.39 is 30.1 Å². The van der Waals surface area contributed by atoms with Gasteiger partial charge >= 0.3 is 18.1 Å². The van der Waals surface area contributed by atoms with Gasteiger partial charge in [-0.2, -0.15) is 8.61 Å². The van der Waals surface area contributed by atoms with Crippen LogP contribution in [0.25, 0.3) is 0 Å². The van der Waals surface area contributed by atoms with Gasteiger partial charge in [0.05, 0.1) is 48.5 Å². The number of anilines is 1. The molecule has 3 saturated heterocycles. The predicted molar refractivity (Wildman–Crippen MR) is 335 cm³/mol. The van der Waals surface area contributed by atoms with E-state index in [2.05, 4.69) is 78.7 Å². The van der Waals surface area contributed by atoms with Crippen molar-refractivity contribution in [3.05, 3.63) is 138 Å². The molecule has 0 spiro atoms. The second kappa shape index (κ2) is 30.9. The number of carbonyl (C=O) groups is 3. The second-order valence-corrected chi connectivity index (χ2v) is 31.2. The van der Waals surface area contributed by atoms with Gasteiger partial charge in [-0.1, -0.05) is 73.1 Å². The van der Waals surface area contributed by atoms with E-state index in [-0.39, 0.29) is 58.9 Å². The number of nitrogens with one attached hydrogen (secondary N) is 5. The molecule has 0 bridgehead atoms. The number of piperazine rings is 2. The van der Waals surface area contributed by atoms with Gasteiger partial charge in [-0.05, 0) is 103 Å². The Kier molecular flexibility index (Phi) is 24.4. The fourth-order valence-corrected chi connectivity index (χ4v) is 17.9. The number of nitrogens with two attached hydrogens (primary N) is 1. The summed E-state index contributed by atoms with van der Waals surface area (Å²) >= 11 is 8.92. The van der Waals surface area contributed by atoms with Gasteiger partial charge in [0.2, 0.25) is 20.0 Å². The third-order valence-corrected chi connectivity index (χ3v) is 25.0. The quantitative estimate of drug-likeness (QED) is 0.0497. The zero-order valence-corrected chi connectivity index (χ0v) is 54.2. The Morgan fingerprint density at radius 3 is 1.84 bits per heavy atom. The van der Waals surface area contributed by atoms with Gasteiger partial charge in [-0.3, -0.25) is 0 Å². The molecule has 9 rings (SSSR count). The molecule has 3 aliphatic heterocycles. The third kappa shape index (κ3) is 18.8. The molecule has 3 aliphatic rings. The van der Waals surface area contributed by atoms with E-state index in [9.17, 15) is 39.6 Å². The molecule has 0 saturated carbocycles. The maximum Gasteiger partial charge on any atom is 0.317 e. The van der Waals surface area contributed by atoms with Crippen LogP contribution in [-0.4, -0.2) is 147 Å². The molecule has 3 fully saturated rings. The fourth-order valence-electron chi connectivity index (χ4n) is 9.60. The summed E-state index contributed by atoms with van der Waals surface area (Å²) in [7, 11) is -10.7. The lowest BCUT2D eigenvalue weighted by molar-refractivity contribution is -0.935. The van der Waals surface area contributed by atoms with Gasteiger partial charge in [-0.25, -0.2) is 44.8 Å². The molecule has 7 heterocycles. The number of quaternary nitrogens is 1. The first kappa shape index (κ1) is 65.6. The lowest BCUT2D eigenvalue weighted by Crippen LogP contribution is -3.14. The van der Waals surface area contributed by atoms with Crippen LogP contribution in [-0.2, 0) is 43.2 Å². The maximum absolute atomic E-state index is 12.7. The van der Waals surface area contributed by atoms with E-state index >= 15 is 0 Å². The second-order valence-electron chi connectivity index (χ2n) is 20.1. The molecule has 83 heavy (non-hydrogen) atoms. The fraction of sp³-hybridized carbons (Fsp3) is 0.436. The highest BCUT2D eigenvalue weighted by Crippen LogP contribution is 2.27. The number of primary sulfonamides is 1. The van der Waals surface area contributed by atoms with Crippen molar-refractivity contribution in [1.82, 2.24) is 39.7 Å². The number of rotatable bonds is 18. The molecule has 20 nitrogen and oxygen atoms in total. The van der Waals surface area contributed by atoms with Crippen molar-refractivity contribution in [2.24, 2.45) is 11.1 Å².